The van der Waals surface area contributed by atoms with Crippen LogP contribution >= 0.6 is 0 Å². The minimum absolute atomic E-state index is 0.0381. The normalized spacial score (nSPS) is 16.4. The van der Waals surface area contributed by atoms with Crippen molar-refractivity contribution >= 4 is 55.3 Å². The van der Waals surface area contributed by atoms with Crippen LogP contribution in [0.4, 0.5) is 17.1 Å². The first-order chi connectivity index (χ1) is 28.0. The van der Waals surface area contributed by atoms with Gasteiger partial charge in [-0.15, -0.1) is 0 Å². The molecule has 278 valence electrons. The lowest BCUT2D eigenvalue weighted by Gasteiger charge is -2.30. The molecule has 0 amide bonds. The molecular formula is C55H47NO. The molecule has 1 fully saturated rings. The predicted octanol–water partition coefficient (Wildman–Crippen LogP) is 16.0. The Morgan fingerprint density at radius 1 is 0.596 bits per heavy atom. The van der Waals surface area contributed by atoms with Crippen LogP contribution in [-0.2, 0) is 5.41 Å². The van der Waals surface area contributed by atoms with Crippen molar-refractivity contribution in [2.45, 2.75) is 70.1 Å². The third-order valence-corrected chi connectivity index (χ3v) is 13.4. The molecule has 0 atom stereocenters. The van der Waals surface area contributed by atoms with E-state index in [0.29, 0.717) is 5.92 Å². The molecule has 1 aromatic heterocycles. The maximum atomic E-state index is 6.50. The third kappa shape index (κ3) is 5.52. The molecule has 8 aromatic rings. The standard InChI is InChI=1S/C55H47NO/c1-55(2)47-24-9-6-19-42(47)43-34-31-39(35-48(43)55)36-29-32-40(33-30-36)56(50-26-14-28-52-54(50)46-21-8-11-27-51(46)57-52)49-25-10-7-20-44(49)45-23-13-18-38-17-12-22-41(53(38)45)37-15-4-3-5-16-37/h6-8,10-14,17-23,25-35,37H,3-5,9,15-16,24H2,1-2H3. The van der Waals surface area contributed by atoms with E-state index in [1.807, 2.05) is 0 Å². The van der Waals surface area contributed by atoms with E-state index in [2.05, 4.69) is 176 Å². The fourth-order valence-corrected chi connectivity index (χ4v) is 10.6. The zero-order valence-electron chi connectivity index (χ0n) is 32.9. The SMILES string of the molecule is CC1(C)C2=C(C=CCC2)c2ccc(-c3ccc(N(c4ccccc4-c4cccc5cccc(C6CCCCC6)c45)c4cccc5oc6ccccc6c45)cc3)cc21. The Labute approximate surface area is 335 Å². The molecule has 2 heteroatoms. The van der Waals surface area contributed by atoms with E-state index in [1.165, 1.54) is 87.4 Å². The summed E-state index contributed by atoms with van der Waals surface area (Å²) >= 11 is 0. The van der Waals surface area contributed by atoms with Gasteiger partial charge in [-0.3, -0.25) is 0 Å². The summed E-state index contributed by atoms with van der Waals surface area (Å²) in [7, 11) is 0. The van der Waals surface area contributed by atoms with E-state index in [0.717, 1.165) is 51.8 Å². The smallest absolute Gasteiger partial charge is 0.137 e. The first-order valence-electron chi connectivity index (χ1n) is 21.0. The summed E-state index contributed by atoms with van der Waals surface area (Å²) in [5, 5.41) is 4.96. The van der Waals surface area contributed by atoms with Crippen LogP contribution in [0.25, 0.3) is 60.5 Å². The second-order valence-electron chi connectivity index (χ2n) is 17.0. The molecule has 0 unspecified atom stereocenters. The number of furan rings is 1. The molecule has 0 aliphatic heterocycles. The van der Waals surface area contributed by atoms with Gasteiger partial charge in [0.05, 0.1) is 16.8 Å². The van der Waals surface area contributed by atoms with Crippen LogP contribution in [0.15, 0.2) is 168 Å². The van der Waals surface area contributed by atoms with Crippen LogP contribution < -0.4 is 4.90 Å². The summed E-state index contributed by atoms with van der Waals surface area (Å²) in [5.74, 6) is 0.591. The average Bonchev–Trinajstić information content (AvgIpc) is 3.76. The molecule has 1 heterocycles. The second-order valence-corrected chi connectivity index (χ2v) is 17.0. The number of benzene rings is 7. The fourth-order valence-electron chi connectivity index (χ4n) is 10.6. The van der Waals surface area contributed by atoms with Gasteiger partial charge in [0.2, 0.25) is 0 Å². The number of anilines is 3. The molecular weight excluding hydrogens is 691 g/mol. The minimum Gasteiger partial charge on any atom is -0.456 e. The summed E-state index contributed by atoms with van der Waals surface area (Å²) in [6, 6.07) is 54.2. The van der Waals surface area contributed by atoms with Crippen molar-refractivity contribution < 1.29 is 4.42 Å². The topological polar surface area (TPSA) is 16.4 Å². The van der Waals surface area contributed by atoms with Gasteiger partial charge in [-0.2, -0.15) is 0 Å². The largest absolute Gasteiger partial charge is 0.456 e. The molecule has 1 saturated carbocycles. The van der Waals surface area contributed by atoms with E-state index >= 15 is 0 Å². The predicted molar refractivity (Wildman–Crippen MR) is 241 cm³/mol. The number of para-hydroxylation sites is 2. The second kappa shape index (κ2) is 13.5. The number of hydrogen-bond acceptors (Lipinski definition) is 2. The highest BCUT2D eigenvalue weighted by atomic mass is 16.3. The highest BCUT2D eigenvalue weighted by Crippen LogP contribution is 2.52. The monoisotopic (exact) mass is 737 g/mol. The lowest BCUT2D eigenvalue weighted by Crippen LogP contribution is -2.17. The Kier molecular flexibility index (Phi) is 8.10. The van der Waals surface area contributed by atoms with Crippen molar-refractivity contribution in [2.75, 3.05) is 4.90 Å². The minimum atomic E-state index is 0.0381. The lowest BCUT2D eigenvalue weighted by atomic mass is 9.78. The Bertz CT molecular complexity index is 2910. The van der Waals surface area contributed by atoms with Crippen molar-refractivity contribution in [3.63, 3.8) is 0 Å². The third-order valence-electron chi connectivity index (χ3n) is 13.4. The van der Waals surface area contributed by atoms with Crippen molar-refractivity contribution in [3.8, 4) is 22.3 Å². The molecule has 7 aromatic carbocycles. The van der Waals surface area contributed by atoms with Gasteiger partial charge < -0.3 is 9.32 Å². The molecule has 3 aliphatic carbocycles. The van der Waals surface area contributed by atoms with Gasteiger partial charge >= 0.3 is 0 Å². The lowest BCUT2D eigenvalue weighted by molar-refractivity contribution is 0.445. The van der Waals surface area contributed by atoms with Crippen LogP contribution in [0.5, 0.6) is 0 Å². The number of hydrogen-bond donors (Lipinski definition) is 0. The molecule has 57 heavy (non-hydrogen) atoms. The Morgan fingerprint density at radius 3 is 2.19 bits per heavy atom. The highest BCUT2D eigenvalue weighted by Gasteiger charge is 2.37. The van der Waals surface area contributed by atoms with E-state index in [9.17, 15) is 0 Å². The summed E-state index contributed by atoms with van der Waals surface area (Å²) in [5.41, 5.74) is 17.6. The number of fused-ring (bicyclic) bond motifs is 6. The first-order valence-corrected chi connectivity index (χ1v) is 21.0. The van der Waals surface area contributed by atoms with Gasteiger partial charge in [0.15, 0.2) is 0 Å². The first kappa shape index (κ1) is 34.2. The van der Waals surface area contributed by atoms with Gasteiger partial charge in [0, 0.05) is 22.1 Å². The summed E-state index contributed by atoms with van der Waals surface area (Å²) in [6.45, 7) is 4.81. The summed E-state index contributed by atoms with van der Waals surface area (Å²) in [6.07, 6.45) is 13.5. The van der Waals surface area contributed by atoms with E-state index in [1.54, 1.807) is 5.57 Å². The van der Waals surface area contributed by atoms with E-state index in [-0.39, 0.29) is 5.41 Å². The molecule has 0 N–H and O–H groups in total. The molecule has 0 radical (unpaired) electrons. The van der Waals surface area contributed by atoms with Crippen LogP contribution in [0, 0.1) is 0 Å². The number of rotatable bonds is 6. The highest BCUT2D eigenvalue weighted by molar-refractivity contribution is 6.14. The zero-order valence-corrected chi connectivity index (χ0v) is 32.9. The quantitative estimate of drug-likeness (QED) is 0.169. The van der Waals surface area contributed by atoms with Crippen molar-refractivity contribution in [1.82, 2.24) is 0 Å². The molecule has 0 bridgehead atoms. The number of allylic oxidation sites excluding steroid dienone is 4. The van der Waals surface area contributed by atoms with Gasteiger partial charge in [-0.25, -0.2) is 0 Å². The summed E-state index contributed by atoms with van der Waals surface area (Å²) < 4.78 is 6.50. The molecule has 3 aliphatic rings. The maximum absolute atomic E-state index is 6.50. The maximum Gasteiger partial charge on any atom is 0.137 e. The van der Waals surface area contributed by atoms with Gasteiger partial charge in [0.1, 0.15) is 11.2 Å². The van der Waals surface area contributed by atoms with Crippen molar-refractivity contribution in [3.05, 3.63) is 180 Å². The van der Waals surface area contributed by atoms with Crippen LogP contribution in [0.1, 0.15) is 81.4 Å². The van der Waals surface area contributed by atoms with E-state index < -0.39 is 0 Å². The van der Waals surface area contributed by atoms with Crippen LogP contribution in [0.3, 0.4) is 0 Å². The van der Waals surface area contributed by atoms with Gasteiger partial charge in [-0.05, 0) is 124 Å². The van der Waals surface area contributed by atoms with E-state index in [4.69, 9.17) is 4.42 Å². The molecule has 0 spiro atoms. The van der Waals surface area contributed by atoms with Crippen molar-refractivity contribution in [2.24, 2.45) is 0 Å². The van der Waals surface area contributed by atoms with Gasteiger partial charge in [0.25, 0.3) is 0 Å². The summed E-state index contributed by atoms with van der Waals surface area (Å²) in [4.78, 5) is 2.47. The molecule has 2 nitrogen and oxygen atoms in total. The number of nitrogens with zero attached hydrogens (tertiary/aromatic N) is 1. The Morgan fingerprint density at radius 2 is 1.32 bits per heavy atom. The Balaban J connectivity index is 1.09. The van der Waals surface area contributed by atoms with Crippen molar-refractivity contribution in [1.29, 1.82) is 0 Å². The Hall–Kier alpha value is -6.12. The van der Waals surface area contributed by atoms with Crippen LogP contribution in [0.2, 0.25) is 0 Å². The van der Waals surface area contributed by atoms with Gasteiger partial charge in [-0.1, -0.05) is 154 Å². The average molecular weight is 738 g/mol. The zero-order chi connectivity index (χ0) is 38.1. The molecule has 0 saturated heterocycles. The molecule has 11 rings (SSSR count). The fraction of sp³-hybridized carbons (Fsp3) is 0.200. The van der Waals surface area contributed by atoms with Crippen LogP contribution in [-0.4, -0.2) is 0 Å².